The third-order valence-corrected chi connectivity index (χ3v) is 3.70. The molecule has 2 heterocycles. The van der Waals surface area contributed by atoms with Crippen molar-refractivity contribution in [2.75, 3.05) is 13.1 Å². The SMILES string of the molecule is CC(C)(C)C1CCN(C(=O)c2cccc(=O)[nH]2)C1. The van der Waals surface area contributed by atoms with Gasteiger partial charge in [0.1, 0.15) is 5.69 Å². The highest BCUT2D eigenvalue weighted by Gasteiger charge is 2.34. The fourth-order valence-electron chi connectivity index (χ4n) is 2.39. The molecule has 1 amide bonds. The summed E-state index contributed by atoms with van der Waals surface area (Å²) in [5, 5.41) is 0. The average molecular weight is 248 g/mol. The molecule has 0 aromatic carbocycles. The third kappa shape index (κ3) is 2.63. The smallest absolute Gasteiger partial charge is 0.270 e. The van der Waals surface area contributed by atoms with Crippen molar-refractivity contribution in [3.63, 3.8) is 0 Å². The Morgan fingerprint density at radius 1 is 1.39 bits per heavy atom. The van der Waals surface area contributed by atoms with Gasteiger partial charge >= 0.3 is 0 Å². The summed E-state index contributed by atoms with van der Waals surface area (Å²) in [6.45, 7) is 8.17. The second-order valence-electron chi connectivity index (χ2n) is 6.03. The Hall–Kier alpha value is -1.58. The first-order valence-corrected chi connectivity index (χ1v) is 6.36. The molecule has 0 bridgehead atoms. The molecule has 0 saturated carbocycles. The van der Waals surface area contributed by atoms with Gasteiger partial charge in [-0.3, -0.25) is 9.59 Å². The van der Waals surface area contributed by atoms with Crippen LogP contribution in [0.5, 0.6) is 0 Å². The third-order valence-electron chi connectivity index (χ3n) is 3.70. The molecule has 1 N–H and O–H groups in total. The topological polar surface area (TPSA) is 53.2 Å². The summed E-state index contributed by atoms with van der Waals surface area (Å²) in [7, 11) is 0. The van der Waals surface area contributed by atoms with Gasteiger partial charge in [-0.25, -0.2) is 0 Å². The van der Waals surface area contributed by atoms with Crippen molar-refractivity contribution < 1.29 is 4.79 Å². The Labute approximate surface area is 107 Å². The van der Waals surface area contributed by atoms with Gasteiger partial charge in [0.2, 0.25) is 5.56 Å². The summed E-state index contributed by atoms with van der Waals surface area (Å²) in [5.41, 5.74) is 0.378. The minimum atomic E-state index is -0.229. The number of rotatable bonds is 1. The number of amides is 1. The Morgan fingerprint density at radius 3 is 2.67 bits per heavy atom. The molecule has 1 fully saturated rings. The second kappa shape index (κ2) is 4.59. The summed E-state index contributed by atoms with van der Waals surface area (Å²) in [4.78, 5) is 27.9. The fraction of sp³-hybridized carbons (Fsp3) is 0.571. The number of H-pyrrole nitrogens is 1. The molecule has 18 heavy (non-hydrogen) atoms. The van der Waals surface area contributed by atoms with E-state index in [2.05, 4.69) is 25.8 Å². The quantitative estimate of drug-likeness (QED) is 0.825. The van der Waals surface area contributed by atoms with E-state index in [4.69, 9.17) is 0 Å². The minimum Gasteiger partial charge on any atom is -0.337 e. The first kappa shape index (κ1) is 12.9. The number of carbonyl (C=O) groups is 1. The van der Waals surface area contributed by atoms with Crippen molar-refractivity contribution in [3.05, 3.63) is 34.2 Å². The maximum atomic E-state index is 12.2. The van der Waals surface area contributed by atoms with Crippen molar-refractivity contribution in [3.8, 4) is 0 Å². The van der Waals surface area contributed by atoms with Crippen LogP contribution in [-0.4, -0.2) is 28.9 Å². The number of nitrogens with zero attached hydrogens (tertiary/aromatic N) is 1. The van der Waals surface area contributed by atoms with E-state index in [0.717, 1.165) is 19.5 Å². The first-order chi connectivity index (χ1) is 8.38. The van der Waals surface area contributed by atoms with E-state index in [0.29, 0.717) is 11.6 Å². The van der Waals surface area contributed by atoms with Gasteiger partial charge in [0.15, 0.2) is 0 Å². The fourth-order valence-corrected chi connectivity index (χ4v) is 2.39. The van der Waals surface area contributed by atoms with Crippen LogP contribution in [0.15, 0.2) is 23.0 Å². The van der Waals surface area contributed by atoms with E-state index in [1.807, 2.05) is 4.90 Å². The molecule has 2 rings (SSSR count). The maximum Gasteiger partial charge on any atom is 0.270 e. The highest BCUT2D eigenvalue weighted by Crippen LogP contribution is 2.33. The first-order valence-electron chi connectivity index (χ1n) is 6.36. The van der Waals surface area contributed by atoms with E-state index in [1.54, 1.807) is 12.1 Å². The molecule has 0 radical (unpaired) electrons. The summed E-state index contributed by atoms with van der Waals surface area (Å²) < 4.78 is 0. The Morgan fingerprint density at radius 2 is 2.11 bits per heavy atom. The van der Waals surface area contributed by atoms with Crippen molar-refractivity contribution in [2.24, 2.45) is 11.3 Å². The van der Waals surface area contributed by atoms with Crippen LogP contribution in [0, 0.1) is 11.3 Å². The van der Waals surface area contributed by atoms with E-state index in [-0.39, 0.29) is 16.9 Å². The lowest BCUT2D eigenvalue weighted by molar-refractivity contribution is 0.0770. The zero-order valence-corrected chi connectivity index (χ0v) is 11.2. The van der Waals surface area contributed by atoms with Gasteiger partial charge in [0.25, 0.3) is 5.91 Å². The molecule has 1 aromatic rings. The zero-order chi connectivity index (χ0) is 13.3. The normalized spacial score (nSPS) is 20.2. The number of nitrogens with one attached hydrogen (secondary N) is 1. The maximum absolute atomic E-state index is 12.2. The highest BCUT2D eigenvalue weighted by atomic mass is 16.2. The molecule has 1 atom stereocenters. The number of aromatic nitrogens is 1. The molecular weight excluding hydrogens is 228 g/mol. The number of pyridine rings is 1. The highest BCUT2D eigenvalue weighted by molar-refractivity contribution is 5.92. The van der Waals surface area contributed by atoms with Crippen molar-refractivity contribution in [2.45, 2.75) is 27.2 Å². The Bertz CT molecular complexity index is 499. The van der Waals surface area contributed by atoms with Crippen LogP contribution in [0.2, 0.25) is 0 Å². The zero-order valence-electron chi connectivity index (χ0n) is 11.2. The number of hydrogen-bond acceptors (Lipinski definition) is 2. The van der Waals surface area contributed by atoms with E-state index >= 15 is 0 Å². The lowest BCUT2D eigenvalue weighted by atomic mass is 9.80. The van der Waals surface area contributed by atoms with E-state index < -0.39 is 0 Å². The minimum absolute atomic E-state index is 0.0700. The van der Waals surface area contributed by atoms with Gasteiger partial charge < -0.3 is 9.88 Å². The van der Waals surface area contributed by atoms with Crippen LogP contribution in [-0.2, 0) is 0 Å². The lowest BCUT2D eigenvalue weighted by Crippen LogP contribution is -2.32. The summed E-state index contributed by atoms with van der Waals surface area (Å²) in [6.07, 6.45) is 1.03. The van der Waals surface area contributed by atoms with Crippen LogP contribution in [0.4, 0.5) is 0 Å². The molecule has 4 nitrogen and oxygen atoms in total. The van der Waals surface area contributed by atoms with Crippen LogP contribution in [0.1, 0.15) is 37.7 Å². The van der Waals surface area contributed by atoms with Crippen molar-refractivity contribution in [1.82, 2.24) is 9.88 Å². The summed E-state index contributed by atoms with van der Waals surface area (Å²) in [6, 6.07) is 4.69. The predicted octanol–water partition coefficient (Wildman–Crippen LogP) is 1.88. The van der Waals surface area contributed by atoms with Gasteiger partial charge in [-0.2, -0.15) is 0 Å². The van der Waals surface area contributed by atoms with Crippen LogP contribution in [0.3, 0.4) is 0 Å². The molecular formula is C14H20N2O2. The van der Waals surface area contributed by atoms with Crippen molar-refractivity contribution >= 4 is 5.91 Å². The average Bonchev–Trinajstić information content (AvgIpc) is 2.77. The number of likely N-dealkylation sites (tertiary alicyclic amines) is 1. The monoisotopic (exact) mass is 248 g/mol. The van der Waals surface area contributed by atoms with Gasteiger partial charge in [0.05, 0.1) is 0 Å². The Balaban J connectivity index is 2.11. The lowest BCUT2D eigenvalue weighted by Gasteiger charge is -2.26. The molecule has 1 aromatic heterocycles. The molecule has 4 heteroatoms. The largest absolute Gasteiger partial charge is 0.337 e. The van der Waals surface area contributed by atoms with Gasteiger partial charge in [0, 0.05) is 19.2 Å². The van der Waals surface area contributed by atoms with Gasteiger partial charge in [-0.1, -0.05) is 26.8 Å². The second-order valence-corrected chi connectivity index (χ2v) is 6.03. The Kier molecular flexibility index (Phi) is 3.28. The molecule has 98 valence electrons. The van der Waals surface area contributed by atoms with Crippen LogP contribution in [0.25, 0.3) is 0 Å². The van der Waals surface area contributed by atoms with Crippen LogP contribution < -0.4 is 5.56 Å². The standard InChI is InChI=1S/C14H20N2O2/c1-14(2,3)10-7-8-16(9-10)13(18)11-5-4-6-12(17)15-11/h4-6,10H,7-9H2,1-3H3,(H,15,17). The molecule has 1 saturated heterocycles. The van der Waals surface area contributed by atoms with E-state index in [9.17, 15) is 9.59 Å². The van der Waals surface area contributed by atoms with Crippen LogP contribution >= 0.6 is 0 Å². The number of hydrogen-bond donors (Lipinski definition) is 1. The molecule has 1 aliphatic rings. The molecule has 1 aliphatic heterocycles. The summed E-state index contributed by atoms with van der Waals surface area (Å²) in [5.74, 6) is 0.455. The van der Waals surface area contributed by atoms with Gasteiger partial charge in [-0.05, 0) is 23.8 Å². The molecule has 0 spiro atoms. The predicted molar refractivity (Wildman–Crippen MR) is 70.5 cm³/mol. The number of carbonyl (C=O) groups excluding carboxylic acids is 1. The molecule has 1 unspecified atom stereocenters. The number of aromatic amines is 1. The van der Waals surface area contributed by atoms with E-state index in [1.165, 1.54) is 6.07 Å². The van der Waals surface area contributed by atoms with Crippen molar-refractivity contribution in [1.29, 1.82) is 0 Å². The van der Waals surface area contributed by atoms with Gasteiger partial charge in [-0.15, -0.1) is 0 Å². The summed E-state index contributed by atoms with van der Waals surface area (Å²) >= 11 is 0. The molecule has 0 aliphatic carbocycles.